The molecule has 2 aromatic heterocycles. The third kappa shape index (κ3) is 4.48. The lowest BCUT2D eigenvalue weighted by molar-refractivity contribution is -0.137. The molecule has 1 aliphatic heterocycles. The molecule has 3 heterocycles. The minimum atomic E-state index is -4.39. The fourth-order valence-electron chi connectivity index (χ4n) is 3.29. The topological polar surface area (TPSA) is 61.4 Å². The van der Waals surface area contributed by atoms with E-state index in [0.29, 0.717) is 18.8 Å². The Balaban J connectivity index is 1.30. The summed E-state index contributed by atoms with van der Waals surface area (Å²) < 4.78 is 37.8. The number of halogens is 3. The lowest BCUT2D eigenvalue weighted by Crippen LogP contribution is -2.49. The maximum atomic E-state index is 12.6. The molecular weight excluding hydrogens is 403 g/mol. The number of benzene rings is 1. The molecule has 0 aliphatic carbocycles. The van der Waals surface area contributed by atoms with Crippen LogP contribution in [-0.4, -0.2) is 53.5 Å². The molecule has 0 spiro atoms. The maximum Gasteiger partial charge on any atom is 0.416 e. The Bertz CT molecular complexity index is 997. The number of aromatic nitrogens is 2. The predicted octanol–water partition coefficient (Wildman–Crippen LogP) is 3.47. The van der Waals surface area contributed by atoms with E-state index in [-0.39, 0.29) is 12.5 Å². The zero-order valence-corrected chi connectivity index (χ0v) is 16.1. The quantitative estimate of drug-likeness (QED) is 0.699. The van der Waals surface area contributed by atoms with Crippen LogP contribution >= 0.6 is 11.3 Å². The number of thiophene rings is 1. The van der Waals surface area contributed by atoms with E-state index in [1.165, 1.54) is 12.1 Å². The third-order valence-electron chi connectivity index (χ3n) is 4.78. The fraction of sp³-hybridized carbons (Fsp3) is 0.316. The van der Waals surface area contributed by atoms with Gasteiger partial charge in [-0.25, -0.2) is 9.97 Å². The van der Waals surface area contributed by atoms with Crippen LogP contribution in [0.1, 0.15) is 5.56 Å². The number of piperazine rings is 1. The van der Waals surface area contributed by atoms with Crippen molar-refractivity contribution in [2.75, 3.05) is 42.9 Å². The number of alkyl halides is 3. The minimum absolute atomic E-state index is 0.187. The van der Waals surface area contributed by atoms with Crippen molar-refractivity contribution in [3.63, 3.8) is 0 Å². The highest BCUT2D eigenvalue weighted by Gasteiger charge is 2.30. The summed E-state index contributed by atoms with van der Waals surface area (Å²) in [5.74, 6) is 0.658. The normalized spacial score (nSPS) is 15.6. The lowest BCUT2D eigenvalue weighted by atomic mass is 10.2. The second-order valence-electron chi connectivity index (χ2n) is 6.72. The monoisotopic (exact) mass is 421 g/mol. The Morgan fingerprint density at radius 2 is 1.79 bits per heavy atom. The summed E-state index contributed by atoms with van der Waals surface area (Å²) in [6.45, 7) is 3.03. The summed E-state index contributed by atoms with van der Waals surface area (Å²) in [6.07, 6.45) is -2.82. The van der Waals surface area contributed by atoms with Crippen LogP contribution in [-0.2, 0) is 11.0 Å². The zero-order valence-electron chi connectivity index (χ0n) is 15.3. The minimum Gasteiger partial charge on any atom is -0.353 e. The van der Waals surface area contributed by atoms with Crippen LogP contribution in [0, 0.1) is 0 Å². The predicted molar refractivity (Wildman–Crippen MR) is 106 cm³/mol. The second-order valence-corrected chi connectivity index (χ2v) is 7.62. The van der Waals surface area contributed by atoms with Crippen molar-refractivity contribution >= 4 is 39.0 Å². The maximum absolute atomic E-state index is 12.6. The molecule has 10 heteroatoms. The van der Waals surface area contributed by atoms with Gasteiger partial charge in [-0.2, -0.15) is 13.2 Å². The summed E-state index contributed by atoms with van der Waals surface area (Å²) in [5.41, 5.74) is -0.390. The first kappa shape index (κ1) is 19.6. The highest BCUT2D eigenvalue weighted by atomic mass is 32.1. The number of nitrogens with one attached hydrogen (secondary N) is 1. The van der Waals surface area contributed by atoms with Gasteiger partial charge in [0.25, 0.3) is 0 Å². The molecule has 1 aliphatic rings. The molecule has 0 bridgehead atoms. The summed E-state index contributed by atoms with van der Waals surface area (Å²) in [5, 5.41) is 5.67. The van der Waals surface area contributed by atoms with Crippen LogP contribution in [0.3, 0.4) is 0 Å². The number of anilines is 2. The summed E-state index contributed by atoms with van der Waals surface area (Å²) in [6, 6.07) is 6.46. The molecule has 0 radical (unpaired) electrons. The number of rotatable bonds is 4. The molecule has 1 N–H and O–H groups in total. The van der Waals surface area contributed by atoms with E-state index in [9.17, 15) is 18.0 Å². The molecule has 3 aromatic rings. The van der Waals surface area contributed by atoms with Gasteiger partial charge < -0.3 is 10.2 Å². The molecule has 0 atom stereocenters. The molecule has 29 heavy (non-hydrogen) atoms. The molecule has 1 aromatic carbocycles. The number of carbonyl (C=O) groups is 1. The number of hydrogen-bond donors (Lipinski definition) is 1. The highest BCUT2D eigenvalue weighted by molar-refractivity contribution is 7.16. The molecule has 1 saturated heterocycles. The number of nitrogens with zero attached hydrogens (tertiary/aromatic N) is 4. The van der Waals surface area contributed by atoms with Gasteiger partial charge in [-0.1, -0.05) is 0 Å². The van der Waals surface area contributed by atoms with Gasteiger partial charge in [0.05, 0.1) is 17.5 Å². The highest BCUT2D eigenvalue weighted by Crippen LogP contribution is 2.30. The number of carbonyl (C=O) groups excluding carboxylic acids is 1. The van der Waals surface area contributed by atoms with Gasteiger partial charge >= 0.3 is 6.18 Å². The Kier molecular flexibility index (Phi) is 5.37. The smallest absolute Gasteiger partial charge is 0.353 e. The summed E-state index contributed by atoms with van der Waals surface area (Å²) >= 11 is 1.57. The van der Waals surface area contributed by atoms with E-state index in [1.807, 2.05) is 16.3 Å². The van der Waals surface area contributed by atoms with Crippen LogP contribution in [0.15, 0.2) is 42.0 Å². The Labute approximate surface area is 169 Å². The Hall–Kier alpha value is -2.72. The second kappa shape index (κ2) is 7.96. The molecule has 152 valence electrons. The third-order valence-corrected chi connectivity index (χ3v) is 5.60. The van der Waals surface area contributed by atoms with E-state index in [4.69, 9.17) is 0 Å². The fourth-order valence-corrected chi connectivity index (χ4v) is 4.02. The summed E-state index contributed by atoms with van der Waals surface area (Å²) in [7, 11) is 0. The largest absolute Gasteiger partial charge is 0.416 e. The van der Waals surface area contributed by atoms with E-state index in [0.717, 1.165) is 41.3 Å². The Morgan fingerprint density at radius 3 is 2.48 bits per heavy atom. The lowest BCUT2D eigenvalue weighted by Gasteiger charge is -2.35. The van der Waals surface area contributed by atoms with Gasteiger partial charge in [0.15, 0.2) is 0 Å². The van der Waals surface area contributed by atoms with E-state index in [2.05, 4.69) is 20.2 Å². The molecule has 1 amide bonds. The van der Waals surface area contributed by atoms with Crippen molar-refractivity contribution in [2.24, 2.45) is 0 Å². The standard InChI is InChI=1S/C19H18F3N5OS/c20-19(21,22)13-1-3-14(4-2-13)25-16(28)11-26-6-8-27(9-7-26)17-15-5-10-29-18(15)24-12-23-17/h1-5,10,12H,6-9,11H2,(H,25,28). The van der Waals surface area contributed by atoms with Crippen molar-refractivity contribution in [1.29, 1.82) is 0 Å². The number of amides is 1. The molecule has 1 fully saturated rings. The average molecular weight is 421 g/mol. The van der Waals surface area contributed by atoms with Crippen LogP contribution in [0.5, 0.6) is 0 Å². The van der Waals surface area contributed by atoms with Gasteiger partial charge in [0, 0.05) is 31.9 Å². The van der Waals surface area contributed by atoms with Gasteiger partial charge in [0.2, 0.25) is 5.91 Å². The van der Waals surface area contributed by atoms with Crippen molar-refractivity contribution in [1.82, 2.24) is 14.9 Å². The number of hydrogen-bond acceptors (Lipinski definition) is 6. The van der Waals surface area contributed by atoms with Crippen LogP contribution in [0.2, 0.25) is 0 Å². The van der Waals surface area contributed by atoms with E-state index < -0.39 is 11.7 Å². The van der Waals surface area contributed by atoms with E-state index >= 15 is 0 Å². The average Bonchev–Trinajstić information content (AvgIpc) is 3.17. The van der Waals surface area contributed by atoms with E-state index in [1.54, 1.807) is 17.7 Å². The Morgan fingerprint density at radius 1 is 1.07 bits per heavy atom. The van der Waals surface area contributed by atoms with Crippen molar-refractivity contribution in [3.05, 3.63) is 47.6 Å². The zero-order chi connectivity index (χ0) is 20.4. The SMILES string of the molecule is O=C(CN1CCN(c2ncnc3sccc23)CC1)Nc1ccc(C(F)(F)F)cc1. The van der Waals surface area contributed by atoms with Crippen molar-refractivity contribution in [3.8, 4) is 0 Å². The first-order valence-electron chi connectivity index (χ1n) is 9.03. The van der Waals surface area contributed by atoms with Gasteiger partial charge in [0.1, 0.15) is 17.0 Å². The molecule has 0 unspecified atom stereocenters. The number of fused-ring (bicyclic) bond motifs is 1. The van der Waals surface area contributed by atoms with Gasteiger partial charge in [-0.05, 0) is 35.7 Å². The van der Waals surface area contributed by atoms with Crippen LogP contribution in [0.25, 0.3) is 10.2 Å². The van der Waals surface area contributed by atoms with Crippen LogP contribution in [0.4, 0.5) is 24.7 Å². The van der Waals surface area contributed by atoms with Crippen molar-refractivity contribution in [2.45, 2.75) is 6.18 Å². The van der Waals surface area contributed by atoms with Crippen molar-refractivity contribution < 1.29 is 18.0 Å². The van der Waals surface area contributed by atoms with Gasteiger partial charge in [-0.15, -0.1) is 11.3 Å². The first-order chi connectivity index (χ1) is 13.9. The molecule has 0 saturated carbocycles. The first-order valence-corrected chi connectivity index (χ1v) is 9.91. The molecular formula is C19H18F3N5OS. The van der Waals surface area contributed by atoms with Gasteiger partial charge in [-0.3, -0.25) is 9.69 Å². The summed E-state index contributed by atoms with van der Waals surface area (Å²) in [4.78, 5) is 26.1. The molecule has 6 nitrogen and oxygen atoms in total. The van der Waals surface area contributed by atoms with Crippen LogP contribution < -0.4 is 10.2 Å². The molecule has 4 rings (SSSR count).